The molecular formula is C21H19N3O2. The van der Waals surface area contributed by atoms with Gasteiger partial charge in [0.05, 0.1) is 11.9 Å². The molecule has 130 valence electrons. The summed E-state index contributed by atoms with van der Waals surface area (Å²) in [4.78, 5) is 27.9. The summed E-state index contributed by atoms with van der Waals surface area (Å²) in [7, 11) is 0. The van der Waals surface area contributed by atoms with Gasteiger partial charge >= 0.3 is 0 Å². The van der Waals surface area contributed by atoms with Crippen LogP contribution in [0.15, 0.2) is 66.9 Å². The van der Waals surface area contributed by atoms with Crippen LogP contribution in [0.5, 0.6) is 0 Å². The molecule has 0 fully saturated rings. The molecule has 0 saturated carbocycles. The van der Waals surface area contributed by atoms with E-state index in [1.54, 1.807) is 30.5 Å². The fourth-order valence-electron chi connectivity index (χ4n) is 2.50. The van der Waals surface area contributed by atoms with Gasteiger partial charge in [0.2, 0.25) is 0 Å². The fraction of sp³-hybridized carbons (Fsp3) is 0.0952. The minimum absolute atomic E-state index is 0.00921. The van der Waals surface area contributed by atoms with Crippen molar-refractivity contribution >= 4 is 28.8 Å². The number of carbonyl (C=O) groups excluding carboxylic acids is 2. The highest BCUT2D eigenvalue weighted by atomic mass is 16.2. The Morgan fingerprint density at radius 1 is 0.885 bits per heavy atom. The average Bonchev–Trinajstić information content (AvgIpc) is 2.62. The van der Waals surface area contributed by atoms with E-state index in [-0.39, 0.29) is 11.7 Å². The van der Waals surface area contributed by atoms with E-state index in [0.717, 1.165) is 22.6 Å². The number of aryl methyl sites for hydroxylation is 1. The van der Waals surface area contributed by atoms with Crippen LogP contribution in [0.4, 0.5) is 17.1 Å². The highest BCUT2D eigenvalue weighted by molar-refractivity contribution is 6.03. The Kier molecular flexibility index (Phi) is 5.08. The zero-order valence-corrected chi connectivity index (χ0v) is 14.6. The number of Topliss-reactive ketones (excluding diaryl/α,β-unsaturated/α-hetero) is 1. The molecule has 0 spiro atoms. The molecule has 0 aliphatic rings. The Morgan fingerprint density at radius 3 is 2.35 bits per heavy atom. The minimum atomic E-state index is -0.263. The van der Waals surface area contributed by atoms with Crippen LogP contribution < -0.4 is 10.6 Å². The van der Waals surface area contributed by atoms with E-state index in [2.05, 4.69) is 15.6 Å². The summed E-state index contributed by atoms with van der Waals surface area (Å²) in [5.41, 5.74) is 4.30. The molecule has 3 rings (SSSR count). The Labute approximate surface area is 152 Å². The third-order valence-electron chi connectivity index (χ3n) is 3.83. The SMILES string of the molecule is CC(=O)c1cccc(Nc2ccc(C(=O)Nc3cccc(C)c3)nc2)c1. The normalized spacial score (nSPS) is 10.2. The van der Waals surface area contributed by atoms with E-state index in [1.807, 2.05) is 43.3 Å². The van der Waals surface area contributed by atoms with Gasteiger partial charge in [-0.25, -0.2) is 4.98 Å². The van der Waals surface area contributed by atoms with Crippen molar-refractivity contribution in [2.75, 3.05) is 10.6 Å². The molecule has 3 aromatic rings. The highest BCUT2D eigenvalue weighted by Crippen LogP contribution is 2.18. The first-order valence-electron chi connectivity index (χ1n) is 8.23. The molecule has 0 bridgehead atoms. The van der Waals surface area contributed by atoms with Crippen LogP contribution in [0.3, 0.4) is 0 Å². The van der Waals surface area contributed by atoms with Gasteiger partial charge in [-0.1, -0.05) is 24.3 Å². The first kappa shape index (κ1) is 17.4. The summed E-state index contributed by atoms with van der Waals surface area (Å²) < 4.78 is 0. The van der Waals surface area contributed by atoms with Crippen LogP contribution in [0, 0.1) is 6.92 Å². The van der Waals surface area contributed by atoms with Gasteiger partial charge in [-0.2, -0.15) is 0 Å². The van der Waals surface area contributed by atoms with Gasteiger partial charge in [-0.15, -0.1) is 0 Å². The summed E-state index contributed by atoms with van der Waals surface area (Å²) >= 11 is 0. The number of hydrogen-bond acceptors (Lipinski definition) is 4. The van der Waals surface area contributed by atoms with Crippen LogP contribution in [0.1, 0.15) is 33.3 Å². The van der Waals surface area contributed by atoms with Crippen molar-refractivity contribution in [3.05, 3.63) is 83.7 Å². The zero-order chi connectivity index (χ0) is 18.5. The van der Waals surface area contributed by atoms with Crippen molar-refractivity contribution in [2.45, 2.75) is 13.8 Å². The smallest absolute Gasteiger partial charge is 0.274 e. The topological polar surface area (TPSA) is 71.1 Å². The van der Waals surface area contributed by atoms with Crippen LogP contribution in [-0.4, -0.2) is 16.7 Å². The molecule has 5 nitrogen and oxygen atoms in total. The van der Waals surface area contributed by atoms with Crippen LogP contribution in [0.25, 0.3) is 0 Å². The number of carbonyl (C=O) groups is 2. The van der Waals surface area contributed by atoms with Gasteiger partial charge in [-0.05, 0) is 55.8 Å². The number of hydrogen-bond donors (Lipinski definition) is 2. The molecule has 0 atom stereocenters. The lowest BCUT2D eigenvalue weighted by atomic mass is 10.1. The maximum absolute atomic E-state index is 12.3. The molecule has 0 aliphatic heterocycles. The van der Waals surface area contributed by atoms with Gasteiger partial charge in [-0.3, -0.25) is 9.59 Å². The maximum Gasteiger partial charge on any atom is 0.274 e. The quantitative estimate of drug-likeness (QED) is 0.664. The monoisotopic (exact) mass is 345 g/mol. The second-order valence-corrected chi connectivity index (χ2v) is 6.02. The number of nitrogens with one attached hydrogen (secondary N) is 2. The number of amides is 1. The van der Waals surface area contributed by atoms with Crippen molar-refractivity contribution < 1.29 is 9.59 Å². The molecule has 1 aromatic heterocycles. The van der Waals surface area contributed by atoms with Crippen molar-refractivity contribution in [3.8, 4) is 0 Å². The highest BCUT2D eigenvalue weighted by Gasteiger charge is 2.08. The first-order chi connectivity index (χ1) is 12.5. The fourth-order valence-corrected chi connectivity index (χ4v) is 2.50. The van der Waals surface area contributed by atoms with Crippen molar-refractivity contribution in [1.82, 2.24) is 4.98 Å². The number of pyridine rings is 1. The zero-order valence-electron chi connectivity index (χ0n) is 14.6. The van der Waals surface area contributed by atoms with Gasteiger partial charge < -0.3 is 10.6 Å². The third kappa shape index (κ3) is 4.33. The minimum Gasteiger partial charge on any atom is -0.354 e. The maximum atomic E-state index is 12.3. The summed E-state index contributed by atoms with van der Waals surface area (Å²) in [6, 6.07) is 18.3. The third-order valence-corrected chi connectivity index (χ3v) is 3.83. The van der Waals surface area contributed by atoms with Gasteiger partial charge in [0.1, 0.15) is 5.69 Å². The number of aromatic nitrogens is 1. The Bertz CT molecular complexity index is 949. The number of nitrogens with zero attached hydrogens (tertiary/aromatic N) is 1. The molecule has 26 heavy (non-hydrogen) atoms. The van der Waals surface area contributed by atoms with Crippen LogP contribution in [0.2, 0.25) is 0 Å². The van der Waals surface area contributed by atoms with E-state index < -0.39 is 0 Å². The van der Waals surface area contributed by atoms with Gasteiger partial charge in [0.25, 0.3) is 5.91 Å². The molecule has 0 saturated heterocycles. The molecular weight excluding hydrogens is 326 g/mol. The van der Waals surface area contributed by atoms with Crippen LogP contribution >= 0.6 is 0 Å². The Balaban J connectivity index is 1.69. The number of ketones is 1. The summed E-state index contributed by atoms with van der Waals surface area (Å²) in [6.45, 7) is 3.50. The lowest BCUT2D eigenvalue weighted by Crippen LogP contribution is -2.13. The molecule has 1 amide bonds. The van der Waals surface area contributed by atoms with E-state index in [4.69, 9.17) is 0 Å². The first-order valence-corrected chi connectivity index (χ1v) is 8.23. The largest absolute Gasteiger partial charge is 0.354 e. The van der Waals surface area contributed by atoms with E-state index in [1.165, 1.54) is 6.92 Å². The molecule has 2 aromatic carbocycles. The summed E-state index contributed by atoms with van der Waals surface area (Å²) in [6.07, 6.45) is 1.59. The lowest BCUT2D eigenvalue weighted by molar-refractivity contribution is 0.101. The van der Waals surface area contributed by atoms with E-state index >= 15 is 0 Å². The van der Waals surface area contributed by atoms with Crippen molar-refractivity contribution in [3.63, 3.8) is 0 Å². The number of anilines is 3. The van der Waals surface area contributed by atoms with E-state index in [9.17, 15) is 9.59 Å². The summed E-state index contributed by atoms with van der Waals surface area (Å²) in [5, 5.41) is 6.00. The Hall–Kier alpha value is -3.47. The average molecular weight is 345 g/mol. The summed E-state index contributed by atoms with van der Waals surface area (Å²) in [5.74, 6) is -0.254. The molecule has 0 unspecified atom stereocenters. The molecule has 1 heterocycles. The molecule has 0 aliphatic carbocycles. The van der Waals surface area contributed by atoms with E-state index in [0.29, 0.717) is 11.3 Å². The van der Waals surface area contributed by atoms with Crippen molar-refractivity contribution in [2.24, 2.45) is 0 Å². The Morgan fingerprint density at radius 2 is 1.65 bits per heavy atom. The van der Waals surface area contributed by atoms with Crippen LogP contribution in [-0.2, 0) is 0 Å². The standard InChI is InChI=1S/C21H19N3O2/c1-14-5-3-7-17(11-14)24-21(26)20-10-9-19(13-22-20)23-18-8-4-6-16(12-18)15(2)25/h3-13,23H,1-2H3,(H,24,26). The van der Waals surface area contributed by atoms with Crippen molar-refractivity contribution in [1.29, 1.82) is 0 Å². The second kappa shape index (κ2) is 7.61. The van der Waals surface area contributed by atoms with Gasteiger partial charge in [0.15, 0.2) is 5.78 Å². The van der Waals surface area contributed by atoms with Gasteiger partial charge in [0, 0.05) is 16.9 Å². The lowest BCUT2D eigenvalue weighted by Gasteiger charge is -2.09. The number of benzene rings is 2. The predicted molar refractivity (Wildman–Crippen MR) is 103 cm³/mol. The number of rotatable bonds is 5. The molecule has 2 N–H and O–H groups in total. The second-order valence-electron chi connectivity index (χ2n) is 6.02. The molecule has 5 heteroatoms. The predicted octanol–water partition coefficient (Wildman–Crippen LogP) is 4.59. The molecule has 0 radical (unpaired) electrons.